The molecule has 0 spiro atoms. The number of hydrogen-bond acceptors (Lipinski definition) is 5. The summed E-state index contributed by atoms with van der Waals surface area (Å²) in [5.41, 5.74) is 1.92. The van der Waals surface area contributed by atoms with E-state index in [2.05, 4.69) is 71.3 Å². The molecule has 2 N–H and O–H groups in total. The quantitative estimate of drug-likeness (QED) is 0.102. The smallest absolute Gasteiger partial charge is 0.220 e. The fourth-order valence-corrected chi connectivity index (χ4v) is 6.50. The molecular weight excluding hydrogens is 542 g/mol. The molecule has 1 aliphatic rings. The number of rotatable bonds is 18. The van der Waals surface area contributed by atoms with Crippen molar-refractivity contribution < 1.29 is 23.8 Å². The second kappa shape index (κ2) is 18.1. The SMILES string of the molecule is CCCCC[C@@H](C/C=C/CCC(=O)NC[C@@H](O)C1=CC[C@@H](O[Si](C)(C)C(C)(C)C)[C@@H](C)[C@H]1OCc1ccccc1)OC. The van der Waals surface area contributed by atoms with E-state index in [-0.39, 0.29) is 41.7 Å². The summed E-state index contributed by atoms with van der Waals surface area (Å²) in [5.74, 6) is 0.00603. The van der Waals surface area contributed by atoms with Crippen LogP contribution in [0.2, 0.25) is 18.1 Å². The molecule has 0 bridgehead atoms. The van der Waals surface area contributed by atoms with Crippen LogP contribution in [0.25, 0.3) is 0 Å². The maximum atomic E-state index is 12.6. The molecule has 238 valence electrons. The second-order valence-corrected chi connectivity index (χ2v) is 18.1. The zero-order chi connectivity index (χ0) is 31.2. The van der Waals surface area contributed by atoms with Crippen LogP contribution in [0.1, 0.15) is 91.5 Å². The third-order valence-electron chi connectivity index (χ3n) is 8.95. The molecule has 1 amide bonds. The molecule has 0 radical (unpaired) electrons. The van der Waals surface area contributed by atoms with Gasteiger partial charge in [0.15, 0.2) is 8.32 Å². The highest BCUT2D eigenvalue weighted by Crippen LogP contribution is 2.41. The first-order chi connectivity index (χ1) is 19.9. The predicted octanol–water partition coefficient (Wildman–Crippen LogP) is 7.73. The summed E-state index contributed by atoms with van der Waals surface area (Å²) in [4.78, 5) is 12.6. The minimum atomic E-state index is -1.98. The monoisotopic (exact) mass is 601 g/mol. The number of ether oxygens (including phenoxy) is 2. The van der Waals surface area contributed by atoms with E-state index in [0.29, 0.717) is 19.4 Å². The van der Waals surface area contributed by atoms with E-state index in [0.717, 1.165) is 30.4 Å². The predicted molar refractivity (Wildman–Crippen MR) is 176 cm³/mol. The van der Waals surface area contributed by atoms with E-state index >= 15 is 0 Å². The van der Waals surface area contributed by atoms with Crippen LogP contribution in [-0.4, -0.2) is 57.4 Å². The summed E-state index contributed by atoms with van der Waals surface area (Å²) in [6.45, 7) is 16.3. The molecular formula is C35H59NO5Si. The number of methoxy groups -OCH3 is 1. The average Bonchev–Trinajstić information content (AvgIpc) is 2.95. The first-order valence-corrected chi connectivity index (χ1v) is 19.0. The molecule has 6 nitrogen and oxygen atoms in total. The van der Waals surface area contributed by atoms with E-state index in [1.54, 1.807) is 7.11 Å². The van der Waals surface area contributed by atoms with Gasteiger partial charge in [-0.1, -0.05) is 102 Å². The number of carbonyl (C=O) groups excluding carboxylic acids is 1. The number of amides is 1. The lowest BCUT2D eigenvalue weighted by molar-refractivity contribution is -0.121. The number of aliphatic hydroxyl groups excluding tert-OH is 1. The Morgan fingerprint density at radius 1 is 1.17 bits per heavy atom. The summed E-state index contributed by atoms with van der Waals surface area (Å²) in [6, 6.07) is 10.1. The van der Waals surface area contributed by atoms with Crippen LogP contribution in [0.4, 0.5) is 0 Å². The molecule has 0 fully saturated rings. The highest BCUT2D eigenvalue weighted by molar-refractivity contribution is 6.74. The third kappa shape index (κ3) is 12.1. The van der Waals surface area contributed by atoms with Gasteiger partial charge < -0.3 is 24.3 Å². The third-order valence-corrected chi connectivity index (χ3v) is 13.5. The van der Waals surface area contributed by atoms with E-state index in [9.17, 15) is 9.90 Å². The number of unbranched alkanes of at least 4 members (excludes halogenated alkanes) is 2. The molecule has 42 heavy (non-hydrogen) atoms. The van der Waals surface area contributed by atoms with Crippen LogP contribution in [0.15, 0.2) is 54.1 Å². The Kier molecular flexibility index (Phi) is 15.7. The molecule has 0 saturated carbocycles. The van der Waals surface area contributed by atoms with Gasteiger partial charge in [0, 0.05) is 26.0 Å². The zero-order valence-electron chi connectivity index (χ0n) is 27.7. The molecule has 1 aromatic rings. The maximum Gasteiger partial charge on any atom is 0.220 e. The molecule has 0 aromatic heterocycles. The molecule has 2 rings (SSSR count). The minimum absolute atomic E-state index is 0.0216. The Bertz CT molecular complexity index is 971. The lowest BCUT2D eigenvalue weighted by Gasteiger charge is -2.44. The van der Waals surface area contributed by atoms with Crippen molar-refractivity contribution in [2.24, 2.45) is 5.92 Å². The van der Waals surface area contributed by atoms with Crippen LogP contribution in [0, 0.1) is 5.92 Å². The summed E-state index contributed by atoms with van der Waals surface area (Å²) >= 11 is 0. The second-order valence-electron chi connectivity index (χ2n) is 13.4. The van der Waals surface area contributed by atoms with Gasteiger partial charge in [0.25, 0.3) is 0 Å². The summed E-state index contributed by atoms with van der Waals surface area (Å²) in [5, 5.41) is 14.3. The molecule has 5 atom stereocenters. The fourth-order valence-electron chi connectivity index (χ4n) is 5.08. The Morgan fingerprint density at radius 3 is 2.52 bits per heavy atom. The molecule has 0 heterocycles. The fraction of sp³-hybridized carbons (Fsp3) is 0.686. The molecule has 0 saturated heterocycles. The standard InChI is InChI=1S/C35H59NO5Si/c1-9-10-13-20-29(39-6)21-16-12-17-22-33(38)36-25-31(37)30-23-24-32(41-42(7,8)35(3,4)5)27(2)34(30)40-26-28-18-14-11-15-19-28/h11-12,14-16,18-19,23,27,29,31-32,34,37H,9-10,13,17,20-22,24-26H2,1-8H3,(H,36,38)/b16-12+/t27-,29+,31-,32-,34-/m1/s1. The molecule has 7 heteroatoms. The van der Waals surface area contributed by atoms with Gasteiger partial charge in [0.2, 0.25) is 5.91 Å². The van der Waals surface area contributed by atoms with Gasteiger partial charge in [-0.2, -0.15) is 0 Å². The Hall–Kier alpha value is -1.77. The van der Waals surface area contributed by atoms with Gasteiger partial charge in [-0.05, 0) is 55.0 Å². The highest BCUT2D eigenvalue weighted by atomic mass is 28.4. The van der Waals surface area contributed by atoms with Crippen molar-refractivity contribution in [3.63, 3.8) is 0 Å². The normalized spacial score (nSPS) is 21.3. The van der Waals surface area contributed by atoms with Gasteiger partial charge >= 0.3 is 0 Å². The Morgan fingerprint density at radius 2 is 1.88 bits per heavy atom. The topological polar surface area (TPSA) is 77.0 Å². The number of allylic oxidation sites excluding steroid dienone is 1. The minimum Gasteiger partial charge on any atom is -0.413 e. The number of carbonyl (C=O) groups is 1. The number of aliphatic hydroxyl groups is 1. The van der Waals surface area contributed by atoms with Crippen molar-refractivity contribution >= 4 is 14.2 Å². The molecule has 0 unspecified atom stereocenters. The summed E-state index contributed by atoms with van der Waals surface area (Å²) in [6.07, 6.45) is 12.8. The number of benzene rings is 1. The van der Waals surface area contributed by atoms with Crippen molar-refractivity contribution in [1.29, 1.82) is 0 Å². The molecule has 0 aliphatic heterocycles. The molecule has 1 aliphatic carbocycles. The maximum absolute atomic E-state index is 12.6. The average molecular weight is 602 g/mol. The van der Waals surface area contributed by atoms with Crippen LogP contribution >= 0.6 is 0 Å². The van der Waals surface area contributed by atoms with Crippen LogP contribution in [0.3, 0.4) is 0 Å². The van der Waals surface area contributed by atoms with Gasteiger partial charge in [-0.3, -0.25) is 4.79 Å². The van der Waals surface area contributed by atoms with E-state index < -0.39 is 14.4 Å². The largest absolute Gasteiger partial charge is 0.413 e. The van der Waals surface area contributed by atoms with Crippen molar-refractivity contribution in [3.05, 3.63) is 59.7 Å². The van der Waals surface area contributed by atoms with Gasteiger partial charge in [-0.15, -0.1) is 0 Å². The van der Waals surface area contributed by atoms with Crippen molar-refractivity contribution in [3.8, 4) is 0 Å². The lowest BCUT2D eigenvalue weighted by atomic mass is 9.82. The summed E-state index contributed by atoms with van der Waals surface area (Å²) in [7, 11) is -0.214. The van der Waals surface area contributed by atoms with E-state index in [1.165, 1.54) is 19.3 Å². The Labute approximate surface area is 257 Å². The van der Waals surface area contributed by atoms with Crippen molar-refractivity contribution in [1.82, 2.24) is 5.32 Å². The van der Waals surface area contributed by atoms with Crippen LogP contribution < -0.4 is 5.32 Å². The zero-order valence-corrected chi connectivity index (χ0v) is 28.7. The van der Waals surface area contributed by atoms with Gasteiger partial charge in [-0.25, -0.2) is 0 Å². The number of nitrogens with one attached hydrogen (secondary N) is 1. The first kappa shape index (κ1) is 36.4. The van der Waals surface area contributed by atoms with E-state index in [1.807, 2.05) is 30.3 Å². The summed E-state index contributed by atoms with van der Waals surface area (Å²) < 4.78 is 18.9. The van der Waals surface area contributed by atoms with Gasteiger partial charge in [0.1, 0.15) is 0 Å². The van der Waals surface area contributed by atoms with E-state index in [4.69, 9.17) is 13.9 Å². The van der Waals surface area contributed by atoms with Crippen LogP contribution in [0.5, 0.6) is 0 Å². The highest BCUT2D eigenvalue weighted by Gasteiger charge is 2.43. The number of hydrogen-bond donors (Lipinski definition) is 2. The Balaban J connectivity index is 1.96. The lowest BCUT2D eigenvalue weighted by Crippen LogP contribution is -2.50. The van der Waals surface area contributed by atoms with Crippen molar-refractivity contribution in [2.75, 3.05) is 13.7 Å². The van der Waals surface area contributed by atoms with Crippen molar-refractivity contribution in [2.45, 2.75) is 135 Å². The van der Waals surface area contributed by atoms with Gasteiger partial charge in [0.05, 0.1) is 31.0 Å². The van der Waals surface area contributed by atoms with Crippen LogP contribution in [-0.2, 0) is 25.3 Å². The first-order valence-electron chi connectivity index (χ1n) is 16.1. The molecule has 1 aromatic carbocycles.